The Kier molecular flexibility index (Phi) is 5.27. The quantitative estimate of drug-likeness (QED) is 0.784. The highest BCUT2D eigenvalue weighted by Gasteiger charge is 2.46. The van der Waals surface area contributed by atoms with Crippen molar-refractivity contribution in [1.82, 2.24) is 9.80 Å². The minimum atomic E-state index is -0.240. The molecule has 2 heterocycles. The molecule has 2 aliphatic rings. The van der Waals surface area contributed by atoms with E-state index in [1.54, 1.807) is 0 Å². The van der Waals surface area contributed by atoms with E-state index in [4.69, 9.17) is 0 Å². The minimum absolute atomic E-state index is 0.240. The molecule has 0 aromatic heterocycles. The Morgan fingerprint density at radius 3 is 2.30 bits per heavy atom. The van der Waals surface area contributed by atoms with Crippen molar-refractivity contribution in [1.29, 1.82) is 0 Å². The molecule has 0 aliphatic carbocycles. The first kappa shape index (κ1) is 16.0. The molecule has 2 fully saturated rings. The van der Waals surface area contributed by atoms with Crippen LogP contribution in [0.4, 0.5) is 0 Å². The molecule has 3 heteroatoms. The second kappa shape index (κ2) is 6.59. The normalized spacial score (nSPS) is 24.7. The van der Waals surface area contributed by atoms with Gasteiger partial charge in [-0.25, -0.2) is 0 Å². The van der Waals surface area contributed by atoms with Gasteiger partial charge in [-0.2, -0.15) is 0 Å². The van der Waals surface area contributed by atoms with Crippen molar-refractivity contribution in [3.05, 3.63) is 11.6 Å². The minimum Gasteiger partial charge on any atom is -0.378 e. The van der Waals surface area contributed by atoms with Gasteiger partial charge in [0.2, 0.25) is 0 Å². The van der Waals surface area contributed by atoms with Crippen LogP contribution in [-0.4, -0.2) is 53.9 Å². The molecule has 0 saturated carbocycles. The second-order valence-electron chi connectivity index (χ2n) is 7.47. The van der Waals surface area contributed by atoms with Gasteiger partial charge >= 0.3 is 0 Å². The fourth-order valence-corrected chi connectivity index (χ4v) is 3.53. The molecule has 0 radical (unpaired) electrons. The summed E-state index contributed by atoms with van der Waals surface area (Å²) in [5.41, 5.74) is 1.94. The highest BCUT2D eigenvalue weighted by Crippen LogP contribution is 2.41. The molecule has 3 nitrogen and oxygen atoms in total. The molecule has 1 N–H and O–H groups in total. The fraction of sp³-hybridized carbons (Fsp3) is 0.882. The first-order valence-electron chi connectivity index (χ1n) is 8.20. The lowest BCUT2D eigenvalue weighted by Crippen LogP contribution is -2.63. The predicted octanol–water partition coefficient (Wildman–Crippen LogP) is 2.71. The summed E-state index contributed by atoms with van der Waals surface area (Å²) in [7, 11) is 0. The average Bonchev–Trinajstić information content (AvgIpc) is 2.35. The summed E-state index contributed by atoms with van der Waals surface area (Å²) < 4.78 is 0. The maximum atomic E-state index is 10.1. The molecule has 1 atom stereocenters. The highest BCUT2D eigenvalue weighted by atomic mass is 16.3. The Morgan fingerprint density at radius 1 is 1.20 bits per heavy atom. The number of hydrogen-bond acceptors (Lipinski definition) is 3. The largest absolute Gasteiger partial charge is 0.378 e. The lowest BCUT2D eigenvalue weighted by Gasteiger charge is -2.56. The SMILES string of the molecule is CC(C)=CCCN1CCC2(CC1)CN(C(O)C(C)C)C2. The Balaban J connectivity index is 1.69. The number of rotatable bonds is 5. The number of nitrogens with zero attached hydrogens (tertiary/aromatic N) is 2. The first-order valence-corrected chi connectivity index (χ1v) is 8.20. The first-order chi connectivity index (χ1) is 9.42. The van der Waals surface area contributed by atoms with Crippen LogP contribution < -0.4 is 0 Å². The third-order valence-electron chi connectivity index (χ3n) is 4.96. The molecule has 1 unspecified atom stereocenters. The third kappa shape index (κ3) is 3.84. The van der Waals surface area contributed by atoms with Crippen LogP contribution in [0, 0.1) is 11.3 Å². The Hall–Kier alpha value is -0.380. The van der Waals surface area contributed by atoms with E-state index in [1.165, 1.54) is 44.5 Å². The van der Waals surface area contributed by atoms with Crippen molar-refractivity contribution >= 4 is 0 Å². The van der Waals surface area contributed by atoms with Gasteiger partial charge in [-0.05, 0) is 57.5 Å². The van der Waals surface area contributed by atoms with E-state index < -0.39 is 0 Å². The molecule has 20 heavy (non-hydrogen) atoms. The number of aliphatic hydroxyl groups excluding tert-OH is 1. The van der Waals surface area contributed by atoms with Gasteiger partial charge in [0.15, 0.2) is 0 Å². The number of hydrogen-bond donors (Lipinski definition) is 1. The van der Waals surface area contributed by atoms with Crippen molar-refractivity contribution in [3.63, 3.8) is 0 Å². The van der Waals surface area contributed by atoms with Gasteiger partial charge < -0.3 is 10.0 Å². The summed E-state index contributed by atoms with van der Waals surface area (Å²) in [6.45, 7) is 14.4. The van der Waals surface area contributed by atoms with Gasteiger partial charge in [-0.1, -0.05) is 25.5 Å². The van der Waals surface area contributed by atoms with Crippen molar-refractivity contribution in [2.75, 3.05) is 32.7 Å². The van der Waals surface area contributed by atoms with Crippen LogP contribution in [0.2, 0.25) is 0 Å². The van der Waals surface area contributed by atoms with Crippen LogP contribution >= 0.6 is 0 Å². The van der Waals surface area contributed by atoms with Crippen LogP contribution in [0.5, 0.6) is 0 Å². The summed E-state index contributed by atoms with van der Waals surface area (Å²) in [4.78, 5) is 4.86. The van der Waals surface area contributed by atoms with E-state index in [2.05, 4.69) is 43.6 Å². The zero-order valence-electron chi connectivity index (χ0n) is 13.7. The average molecular weight is 280 g/mol. The monoisotopic (exact) mass is 280 g/mol. The summed E-state index contributed by atoms with van der Waals surface area (Å²) >= 11 is 0. The Bertz CT molecular complexity index is 331. The van der Waals surface area contributed by atoms with Crippen LogP contribution in [0.3, 0.4) is 0 Å². The molecule has 2 aliphatic heterocycles. The number of likely N-dealkylation sites (tertiary alicyclic amines) is 2. The van der Waals surface area contributed by atoms with Crippen LogP contribution in [0.25, 0.3) is 0 Å². The lowest BCUT2D eigenvalue weighted by atomic mass is 9.71. The van der Waals surface area contributed by atoms with Gasteiger partial charge in [0.25, 0.3) is 0 Å². The Labute approximate surface area is 124 Å². The maximum Gasteiger partial charge on any atom is 0.109 e. The molecule has 116 valence electrons. The van der Waals surface area contributed by atoms with Gasteiger partial charge in [0, 0.05) is 19.6 Å². The number of allylic oxidation sites excluding steroid dienone is 1. The summed E-state index contributed by atoms with van der Waals surface area (Å²) in [6.07, 6.45) is 5.91. The van der Waals surface area contributed by atoms with Crippen LogP contribution in [0.1, 0.15) is 47.0 Å². The fourth-order valence-electron chi connectivity index (χ4n) is 3.53. The topological polar surface area (TPSA) is 26.7 Å². The van der Waals surface area contributed by atoms with Crippen LogP contribution in [-0.2, 0) is 0 Å². The van der Waals surface area contributed by atoms with E-state index in [-0.39, 0.29) is 6.23 Å². The summed E-state index contributed by atoms with van der Waals surface area (Å²) in [6, 6.07) is 0. The van der Waals surface area contributed by atoms with Crippen molar-refractivity contribution in [3.8, 4) is 0 Å². The maximum absolute atomic E-state index is 10.1. The predicted molar refractivity (Wildman–Crippen MR) is 84.6 cm³/mol. The molecule has 0 bridgehead atoms. The molecular formula is C17H32N2O. The van der Waals surface area contributed by atoms with E-state index >= 15 is 0 Å². The van der Waals surface area contributed by atoms with Crippen molar-refractivity contribution in [2.24, 2.45) is 11.3 Å². The third-order valence-corrected chi connectivity index (χ3v) is 4.96. The molecule has 2 rings (SSSR count). The van der Waals surface area contributed by atoms with Gasteiger partial charge in [-0.15, -0.1) is 0 Å². The van der Waals surface area contributed by atoms with Gasteiger partial charge in [0.1, 0.15) is 6.23 Å². The van der Waals surface area contributed by atoms with E-state index in [1.807, 2.05) is 0 Å². The van der Waals surface area contributed by atoms with Crippen LogP contribution in [0.15, 0.2) is 11.6 Å². The summed E-state index contributed by atoms with van der Waals surface area (Å²) in [5, 5.41) is 10.1. The van der Waals surface area contributed by atoms with E-state index in [9.17, 15) is 5.11 Å². The second-order valence-corrected chi connectivity index (χ2v) is 7.47. The van der Waals surface area contributed by atoms with E-state index in [0.29, 0.717) is 11.3 Å². The van der Waals surface area contributed by atoms with Crippen molar-refractivity contribution < 1.29 is 5.11 Å². The van der Waals surface area contributed by atoms with E-state index in [0.717, 1.165) is 13.1 Å². The molecular weight excluding hydrogens is 248 g/mol. The standard InChI is InChI=1S/C17H32N2O/c1-14(2)6-5-9-18-10-7-17(8-11-18)12-19(13-17)16(20)15(3)4/h6,15-16,20H,5,7-13H2,1-4H3. The molecule has 2 saturated heterocycles. The summed E-state index contributed by atoms with van der Waals surface area (Å²) in [5.74, 6) is 0.344. The molecule has 0 amide bonds. The highest BCUT2D eigenvalue weighted by molar-refractivity contribution is 4.99. The Morgan fingerprint density at radius 2 is 1.80 bits per heavy atom. The zero-order chi connectivity index (χ0) is 14.8. The molecule has 0 aromatic rings. The molecule has 1 spiro atoms. The van der Waals surface area contributed by atoms with Crippen molar-refractivity contribution in [2.45, 2.75) is 53.2 Å². The lowest BCUT2D eigenvalue weighted by molar-refractivity contribution is -0.145. The van der Waals surface area contributed by atoms with Gasteiger partial charge in [0.05, 0.1) is 0 Å². The van der Waals surface area contributed by atoms with Gasteiger partial charge in [-0.3, -0.25) is 4.90 Å². The molecule has 0 aromatic carbocycles. The smallest absolute Gasteiger partial charge is 0.109 e. The zero-order valence-corrected chi connectivity index (χ0v) is 13.7. The number of piperidine rings is 1. The number of aliphatic hydroxyl groups is 1.